The molecular weight excluding hydrogens is 515 g/mol. The van der Waals surface area contributed by atoms with E-state index >= 15 is 0 Å². The van der Waals surface area contributed by atoms with Gasteiger partial charge in [-0.3, -0.25) is 13.8 Å². The summed E-state index contributed by atoms with van der Waals surface area (Å²) in [4.78, 5) is 30.5. The Balaban J connectivity index is 1.31. The predicted molar refractivity (Wildman–Crippen MR) is 148 cm³/mol. The summed E-state index contributed by atoms with van der Waals surface area (Å²) >= 11 is 0. The lowest BCUT2D eigenvalue weighted by Gasteiger charge is -2.42. The molecule has 0 spiro atoms. The standard InChI is InChI=1S/C30H40FN4O5/c1-3-4-7-18-38-30(37)39-20-35(17-13-24-21(2)32-27-8-5-6-14-34(27)29(24)36)15-11-22(12-16-35)28-25-10-9-23(31)19-26(25)40-33-28/h9-10,19,22H,3-8,11-18,20H2,1-2H3/q+1. The second kappa shape index (κ2) is 12.5. The SMILES string of the molecule is CCCCCOC(=O)OC[N+]1(CCc2c(C)nc3n(c2=O)CCCC3)CCC(c2noc3cc(F)ccc23)CC1. The van der Waals surface area contributed by atoms with Crippen molar-refractivity contribution in [2.75, 3.05) is 33.0 Å². The van der Waals surface area contributed by atoms with E-state index in [2.05, 4.69) is 12.1 Å². The average molecular weight is 556 g/mol. The smallest absolute Gasteiger partial charge is 0.434 e. The van der Waals surface area contributed by atoms with E-state index in [1.807, 2.05) is 11.5 Å². The van der Waals surface area contributed by atoms with Gasteiger partial charge in [0.15, 0.2) is 5.58 Å². The van der Waals surface area contributed by atoms with Crippen molar-refractivity contribution in [2.24, 2.45) is 0 Å². The Hall–Kier alpha value is -3.27. The summed E-state index contributed by atoms with van der Waals surface area (Å²) in [6.07, 6.45) is 7.28. The number of benzene rings is 1. The van der Waals surface area contributed by atoms with Gasteiger partial charge in [-0.05, 0) is 38.3 Å². The Kier molecular flexibility index (Phi) is 8.83. The number of piperidine rings is 1. The Morgan fingerprint density at radius 2 is 2.02 bits per heavy atom. The minimum absolute atomic E-state index is 0.0628. The maximum absolute atomic E-state index is 13.7. The third-order valence-corrected chi connectivity index (χ3v) is 8.59. The number of hydrogen-bond acceptors (Lipinski definition) is 7. The lowest BCUT2D eigenvalue weighted by atomic mass is 9.90. The fraction of sp³-hybridized carbons (Fsp3) is 0.600. The van der Waals surface area contributed by atoms with Crippen molar-refractivity contribution in [2.45, 2.75) is 84.1 Å². The summed E-state index contributed by atoms with van der Waals surface area (Å²) in [7, 11) is 0. The molecule has 2 aromatic heterocycles. The van der Waals surface area contributed by atoms with Crippen molar-refractivity contribution < 1.29 is 27.7 Å². The molecule has 2 aliphatic rings. The molecule has 0 N–H and O–H groups in total. The molecule has 216 valence electrons. The van der Waals surface area contributed by atoms with E-state index in [4.69, 9.17) is 19.0 Å². The molecule has 4 heterocycles. The van der Waals surface area contributed by atoms with E-state index in [0.717, 1.165) is 99.2 Å². The average Bonchev–Trinajstić information content (AvgIpc) is 3.37. The number of quaternary nitrogens is 1. The maximum Gasteiger partial charge on any atom is 0.512 e. The topological polar surface area (TPSA) is 96.5 Å². The number of carbonyl (C=O) groups excluding carboxylic acids is 1. The van der Waals surface area contributed by atoms with Crippen molar-refractivity contribution in [3.8, 4) is 0 Å². The first kappa shape index (κ1) is 28.3. The number of hydrogen-bond donors (Lipinski definition) is 0. The number of aromatic nitrogens is 3. The van der Waals surface area contributed by atoms with Crippen LogP contribution in [0.5, 0.6) is 0 Å². The normalized spacial score (nSPS) is 20.8. The molecular formula is C30H40FN4O5+. The summed E-state index contributed by atoms with van der Waals surface area (Å²) < 4.78 is 32.4. The molecule has 0 radical (unpaired) electrons. The Bertz CT molecular complexity index is 1390. The van der Waals surface area contributed by atoms with E-state index in [9.17, 15) is 14.0 Å². The zero-order valence-electron chi connectivity index (χ0n) is 23.6. The van der Waals surface area contributed by atoms with Gasteiger partial charge >= 0.3 is 6.16 Å². The Morgan fingerprint density at radius 3 is 2.83 bits per heavy atom. The highest BCUT2D eigenvalue weighted by atomic mass is 19.1. The number of ether oxygens (including phenoxy) is 2. The number of halogens is 1. The molecule has 0 aliphatic carbocycles. The fourth-order valence-electron chi connectivity index (χ4n) is 6.14. The lowest BCUT2D eigenvalue weighted by Crippen LogP contribution is -2.55. The number of nitrogens with zero attached hydrogens (tertiary/aromatic N) is 4. The van der Waals surface area contributed by atoms with Crippen LogP contribution in [0.1, 0.15) is 80.6 Å². The first-order valence-corrected chi connectivity index (χ1v) is 14.7. The molecule has 1 fully saturated rings. The van der Waals surface area contributed by atoms with E-state index in [1.54, 1.807) is 6.07 Å². The summed E-state index contributed by atoms with van der Waals surface area (Å²) in [5, 5.41) is 5.12. The van der Waals surface area contributed by atoms with E-state index in [1.165, 1.54) is 12.1 Å². The van der Waals surface area contributed by atoms with Gasteiger partial charge in [0.2, 0.25) is 6.73 Å². The van der Waals surface area contributed by atoms with Crippen LogP contribution in [0.3, 0.4) is 0 Å². The van der Waals surface area contributed by atoms with Crippen molar-refractivity contribution in [1.82, 2.24) is 14.7 Å². The second-order valence-corrected chi connectivity index (χ2v) is 11.3. The number of likely N-dealkylation sites (tertiary alicyclic amines) is 1. The monoisotopic (exact) mass is 555 g/mol. The van der Waals surface area contributed by atoms with Crippen LogP contribution < -0.4 is 5.56 Å². The third kappa shape index (κ3) is 6.22. The molecule has 1 aromatic carbocycles. The Morgan fingerprint density at radius 1 is 1.20 bits per heavy atom. The van der Waals surface area contributed by atoms with Crippen LogP contribution in [-0.4, -0.2) is 58.3 Å². The van der Waals surface area contributed by atoms with Crippen LogP contribution in [0.4, 0.5) is 9.18 Å². The first-order chi connectivity index (χ1) is 19.4. The molecule has 3 aromatic rings. The van der Waals surface area contributed by atoms with Gasteiger partial charge in [0.1, 0.15) is 11.6 Å². The van der Waals surface area contributed by atoms with Crippen LogP contribution in [0.15, 0.2) is 27.5 Å². The number of carbonyl (C=O) groups is 1. The van der Waals surface area contributed by atoms with Crippen molar-refractivity contribution >= 4 is 17.1 Å². The van der Waals surface area contributed by atoms with Gasteiger partial charge in [-0.15, -0.1) is 0 Å². The highest BCUT2D eigenvalue weighted by Gasteiger charge is 2.38. The van der Waals surface area contributed by atoms with Crippen molar-refractivity contribution in [3.05, 3.63) is 57.1 Å². The summed E-state index contributed by atoms with van der Waals surface area (Å²) in [5.74, 6) is 0.684. The van der Waals surface area contributed by atoms with E-state index < -0.39 is 6.16 Å². The van der Waals surface area contributed by atoms with Crippen molar-refractivity contribution in [3.63, 3.8) is 0 Å². The molecule has 1 saturated heterocycles. The molecule has 0 amide bonds. The molecule has 0 saturated carbocycles. The summed E-state index contributed by atoms with van der Waals surface area (Å²) in [6, 6.07) is 4.52. The zero-order valence-corrected chi connectivity index (χ0v) is 23.6. The van der Waals surface area contributed by atoms with Crippen LogP contribution in [0.25, 0.3) is 11.0 Å². The summed E-state index contributed by atoms with van der Waals surface area (Å²) in [5.41, 5.74) is 2.90. The van der Waals surface area contributed by atoms with Crippen molar-refractivity contribution in [1.29, 1.82) is 0 Å². The molecule has 2 aliphatic heterocycles. The lowest BCUT2D eigenvalue weighted by molar-refractivity contribution is -0.948. The fourth-order valence-corrected chi connectivity index (χ4v) is 6.14. The van der Waals surface area contributed by atoms with Crippen LogP contribution in [-0.2, 0) is 28.9 Å². The quantitative estimate of drug-likeness (QED) is 0.188. The van der Waals surface area contributed by atoms with Gasteiger partial charge in [0.25, 0.3) is 5.56 Å². The second-order valence-electron chi connectivity index (χ2n) is 11.3. The zero-order chi connectivity index (χ0) is 28.1. The number of unbranched alkanes of at least 4 members (excludes halogenated alkanes) is 2. The summed E-state index contributed by atoms with van der Waals surface area (Å²) in [6.45, 7) is 7.40. The highest BCUT2D eigenvalue weighted by Crippen LogP contribution is 2.35. The number of rotatable bonds is 10. The maximum atomic E-state index is 13.7. The number of fused-ring (bicyclic) bond motifs is 2. The van der Waals surface area contributed by atoms with Crippen LogP contribution in [0.2, 0.25) is 0 Å². The predicted octanol–water partition coefficient (Wildman–Crippen LogP) is 5.41. The van der Waals surface area contributed by atoms with Gasteiger partial charge in [-0.2, -0.15) is 0 Å². The van der Waals surface area contributed by atoms with Gasteiger partial charge in [-0.1, -0.05) is 24.9 Å². The number of aryl methyl sites for hydroxylation is 2. The Labute approximate surface area is 233 Å². The molecule has 0 atom stereocenters. The van der Waals surface area contributed by atoms with Gasteiger partial charge in [0, 0.05) is 60.9 Å². The van der Waals surface area contributed by atoms with Gasteiger partial charge in [-0.25, -0.2) is 14.2 Å². The van der Waals surface area contributed by atoms with Crippen LogP contribution in [0, 0.1) is 12.7 Å². The highest BCUT2D eigenvalue weighted by molar-refractivity contribution is 5.79. The largest absolute Gasteiger partial charge is 0.512 e. The molecule has 40 heavy (non-hydrogen) atoms. The minimum Gasteiger partial charge on any atom is -0.434 e. The molecule has 5 rings (SSSR count). The molecule has 0 bridgehead atoms. The minimum atomic E-state index is -0.646. The molecule has 9 nitrogen and oxygen atoms in total. The molecule has 10 heteroatoms. The van der Waals surface area contributed by atoms with E-state index in [-0.39, 0.29) is 24.0 Å². The van der Waals surface area contributed by atoms with Gasteiger partial charge < -0.3 is 14.0 Å². The first-order valence-electron chi connectivity index (χ1n) is 14.7. The van der Waals surface area contributed by atoms with E-state index in [0.29, 0.717) is 29.6 Å². The third-order valence-electron chi connectivity index (χ3n) is 8.59. The van der Waals surface area contributed by atoms with Crippen LogP contribution >= 0.6 is 0 Å². The molecule has 0 unspecified atom stereocenters. The van der Waals surface area contributed by atoms with Gasteiger partial charge in [0.05, 0.1) is 31.9 Å².